The zero-order chi connectivity index (χ0) is 4.71. The molecule has 5 heteroatoms. The Hall–Kier alpha value is 0.160. The number of rotatable bonds is 0. The van der Waals surface area contributed by atoms with E-state index in [0.717, 1.165) is 0 Å². The molecule has 0 heterocycles. The molecular weight excluding hydrogens is 149 g/mol. The summed E-state index contributed by atoms with van der Waals surface area (Å²) in [7, 11) is -1.42. The second kappa shape index (κ2) is 30.9. The van der Waals surface area contributed by atoms with Gasteiger partial charge >= 0.3 is 29.5 Å². The number of hydrogen-bond donors (Lipinski definition) is 0. The van der Waals surface area contributed by atoms with Gasteiger partial charge in [-0.2, -0.15) is 0 Å². The molecular formula is H2GeO3Si. The normalized spacial score (nSPS) is 2.40. The Morgan fingerprint density at radius 1 is 1.20 bits per heavy atom. The van der Waals surface area contributed by atoms with E-state index in [9.17, 15) is 0 Å². The predicted octanol–water partition coefficient (Wildman–Crippen LogP) is -1.65. The summed E-state index contributed by atoms with van der Waals surface area (Å²) in [5.41, 5.74) is 0. The molecule has 0 bridgehead atoms. The monoisotopic (exact) mass is 152 g/mol. The van der Waals surface area contributed by atoms with Crippen molar-refractivity contribution in [3.63, 3.8) is 0 Å². The summed E-state index contributed by atoms with van der Waals surface area (Å²) in [6.07, 6.45) is 0. The van der Waals surface area contributed by atoms with Crippen molar-refractivity contribution in [1.29, 1.82) is 0 Å². The van der Waals surface area contributed by atoms with Crippen LogP contribution in [0.2, 0.25) is 0 Å². The van der Waals surface area contributed by atoms with Crippen LogP contribution in [0.25, 0.3) is 0 Å². The molecule has 0 rings (SSSR count). The van der Waals surface area contributed by atoms with Crippen LogP contribution in [0.15, 0.2) is 0 Å². The van der Waals surface area contributed by atoms with Crippen molar-refractivity contribution >= 4 is 25.7 Å². The predicted molar refractivity (Wildman–Crippen MR) is 16.4 cm³/mol. The van der Waals surface area contributed by atoms with Gasteiger partial charge in [-0.25, -0.2) is 0 Å². The third kappa shape index (κ3) is 760. The van der Waals surface area contributed by atoms with Crippen molar-refractivity contribution in [3.05, 3.63) is 0 Å². The summed E-state index contributed by atoms with van der Waals surface area (Å²) >= 11 is 0.125. The molecule has 0 saturated carbocycles. The topological polar surface area (TPSA) is 51.2 Å². The fourth-order valence-corrected chi connectivity index (χ4v) is 0. The van der Waals surface area contributed by atoms with Crippen molar-refractivity contribution in [2.24, 2.45) is 0 Å². The van der Waals surface area contributed by atoms with Crippen LogP contribution in [-0.4, -0.2) is 25.7 Å². The van der Waals surface area contributed by atoms with E-state index >= 15 is 0 Å². The Labute approximate surface area is 39.1 Å². The fraction of sp³-hybridized carbons (Fsp3) is 0. The van der Waals surface area contributed by atoms with Crippen LogP contribution in [0.5, 0.6) is 0 Å². The second-order valence-electron chi connectivity index (χ2n) is 0.0833. The Bertz CT molecular complexity index is 36.2. The minimum atomic E-state index is -1.42. The van der Waals surface area contributed by atoms with E-state index in [2.05, 4.69) is 0 Å². The molecule has 0 N–H and O–H groups in total. The molecule has 3 nitrogen and oxygen atoms in total. The van der Waals surface area contributed by atoms with Gasteiger partial charge in [-0.3, -0.25) is 8.92 Å². The Balaban J connectivity index is 0. The molecule has 0 unspecified atom stereocenters. The van der Waals surface area contributed by atoms with Gasteiger partial charge in [0.25, 0.3) is 0 Å². The Morgan fingerprint density at radius 2 is 1.20 bits per heavy atom. The molecule has 0 spiro atoms. The van der Waals surface area contributed by atoms with Crippen LogP contribution in [0, 0.1) is 0 Å². The summed E-state index contributed by atoms with van der Waals surface area (Å²) in [6.45, 7) is 0. The quantitative estimate of drug-likeness (QED) is 0.389. The first kappa shape index (κ1) is 8.94. The molecule has 0 saturated heterocycles. The average molecular weight is 151 g/mol. The zero-order valence-electron chi connectivity index (χ0n) is 2.43. The summed E-state index contributed by atoms with van der Waals surface area (Å²) in [5.74, 6) is 0. The van der Waals surface area contributed by atoms with Crippen LogP contribution >= 0.6 is 0 Å². The van der Waals surface area contributed by atoms with Gasteiger partial charge < -0.3 is 0 Å². The van der Waals surface area contributed by atoms with Gasteiger partial charge in [0.1, 0.15) is 0 Å². The molecule has 0 aromatic heterocycles. The molecule has 0 aliphatic heterocycles. The molecule has 0 aliphatic carbocycles. The van der Waals surface area contributed by atoms with Crippen molar-refractivity contribution < 1.29 is 12.7 Å². The first-order valence-corrected chi connectivity index (χ1v) is 2.72. The molecule has 0 aromatic carbocycles. The SMILES string of the molecule is O=[Si]=O.[O]=[GeH2]. The van der Waals surface area contributed by atoms with Crippen LogP contribution in [0.4, 0.5) is 0 Å². The Kier molecular flexibility index (Phi) is 55.2. The number of hydrogen-bond acceptors (Lipinski definition) is 3. The summed E-state index contributed by atoms with van der Waals surface area (Å²) in [5, 5.41) is 0. The van der Waals surface area contributed by atoms with Crippen LogP contribution in [-0.2, 0) is 12.7 Å². The van der Waals surface area contributed by atoms with E-state index in [0.29, 0.717) is 0 Å². The molecule has 0 aromatic rings. The summed E-state index contributed by atoms with van der Waals surface area (Å²) < 4.78 is 25.2. The van der Waals surface area contributed by atoms with E-state index < -0.39 is 9.29 Å². The molecule has 0 radical (unpaired) electrons. The van der Waals surface area contributed by atoms with Gasteiger partial charge in [-0.05, 0) is 0 Å². The summed E-state index contributed by atoms with van der Waals surface area (Å²) in [6, 6.07) is 0. The fourth-order valence-electron chi connectivity index (χ4n) is 0. The van der Waals surface area contributed by atoms with Gasteiger partial charge in [0.05, 0.1) is 0 Å². The third-order valence-electron chi connectivity index (χ3n) is 0. The van der Waals surface area contributed by atoms with E-state index in [1.165, 1.54) is 0 Å². The third-order valence-corrected chi connectivity index (χ3v) is 0. The molecule has 0 fully saturated rings. The van der Waals surface area contributed by atoms with Crippen molar-refractivity contribution in [2.75, 3.05) is 0 Å². The zero-order valence-corrected chi connectivity index (χ0v) is 6.40. The van der Waals surface area contributed by atoms with E-state index in [-0.39, 0.29) is 16.5 Å². The van der Waals surface area contributed by atoms with Crippen LogP contribution < -0.4 is 0 Å². The van der Waals surface area contributed by atoms with Gasteiger partial charge in [-0.15, -0.1) is 0 Å². The van der Waals surface area contributed by atoms with E-state index in [4.69, 9.17) is 12.7 Å². The minimum absolute atomic E-state index is 0.125. The molecule has 0 aliphatic rings. The van der Waals surface area contributed by atoms with Crippen LogP contribution in [0.1, 0.15) is 0 Å². The van der Waals surface area contributed by atoms with Gasteiger partial charge in [0, 0.05) is 0 Å². The first-order chi connectivity index (χ1) is 2.41. The van der Waals surface area contributed by atoms with E-state index in [1.54, 1.807) is 0 Å². The molecule has 0 amide bonds. The maximum atomic E-state index is 8.40. The van der Waals surface area contributed by atoms with Gasteiger partial charge in [0.2, 0.25) is 0 Å². The summed E-state index contributed by atoms with van der Waals surface area (Å²) in [4.78, 5) is 0. The Morgan fingerprint density at radius 3 is 1.20 bits per heavy atom. The standard InChI is InChI=1S/GeH2O.O2Si/c1-2;1-3-2/h1H2;. The van der Waals surface area contributed by atoms with Crippen LogP contribution in [0.3, 0.4) is 0 Å². The maximum absolute atomic E-state index is 8.40. The first-order valence-electron chi connectivity index (χ1n) is 0.697. The van der Waals surface area contributed by atoms with Gasteiger partial charge in [0.15, 0.2) is 0 Å². The van der Waals surface area contributed by atoms with E-state index in [1.807, 2.05) is 0 Å². The average Bonchev–Trinajstić information content (AvgIpc) is 1.46. The second-order valence-corrected chi connectivity index (χ2v) is 0.250. The van der Waals surface area contributed by atoms with Crippen molar-refractivity contribution in [3.8, 4) is 0 Å². The van der Waals surface area contributed by atoms with Gasteiger partial charge in [-0.1, -0.05) is 0 Å². The van der Waals surface area contributed by atoms with Crippen molar-refractivity contribution in [1.82, 2.24) is 0 Å². The molecule has 28 valence electrons. The molecule has 0 atom stereocenters. The van der Waals surface area contributed by atoms with Crippen molar-refractivity contribution in [2.45, 2.75) is 0 Å². The molecule has 5 heavy (non-hydrogen) atoms.